The van der Waals surface area contributed by atoms with Gasteiger partial charge in [-0.3, -0.25) is 4.79 Å². The molecule has 21 heavy (non-hydrogen) atoms. The van der Waals surface area contributed by atoms with E-state index in [1.54, 1.807) is 19.2 Å². The number of aryl methyl sites for hydroxylation is 1. The number of sulfonamides is 1. The van der Waals surface area contributed by atoms with Crippen LogP contribution in [-0.4, -0.2) is 29.0 Å². The average Bonchev–Trinajstić information content (AvgIpc) is 2.84. The van der Waals surface area contributed by atoms with Crippen LogP contribution in [0.15, 0.2) is 41.8 Å². The summed E-state index contributed by atoms with van der Waals surface area (Å²) in [5, 5.41) is 9.16. The maximum atomic E-state index is 12.2. The largest absolute Gasteiger partial charge is 0.480 e. The van der Waals surface area contributed by atoms with E-state index in [4.69, 9.17) is 11.6 Å². The minimum atomic E-state index is -4.07. The number of benzene rings is 1. The molecule has 1 aromatic carbocycles. The third-order valence-electron chi connectivity index (χ3n) is 2.69. The van der Waals surface area contributed by atoms with E-state index in [0.717, 1.165) is 0 Å². The summed E-state index contributed by atoms with van der Waals surface area (Å²) < 4.78 is 27.8. The van der Waals surface area contributed by atoms with E-state index in [2.05, 4.69) is 9.71 Å². The van der Waals surface area contributed by atoms with Gasteiger partial charge in [-0.1, -0.05) is 29.8 Å². The summed E-state index contributed by atoms with van der Waals surface area (Å²) in [6.45, 7) is 0. The van der Waals surface area contributed by atoms with E-state index in [1.165, 1.54) is 29.2 Å². The SMILES string of the molecule is Cn1cnc(S(=O)(=O)N[C@@H](C(=O)O)c2ccccc2Cl)c1. The lowest BCUT2D eigenvalue weighted by Crippen LogP contribution is -2.34. The van der Waals surface area contributed by atoms with Gasteiger partial charge in [0.1, 0.15) is 6.04 Å². The molecule has 0 unspecified atom stereocenters. The Hall–Kier alpha value is -1.90. The molecule has 0 bridgehead atoms. The normalized spacial score (nSPS) is 13.0. The molecule has 0 fully saturated rings. The molecule has 0 aliphatic heterocycles. The van der Waals surface area contributed by atoms with Gasteiger partial charge < -0.3 is 9.67 Å². The summed E-state index contributed by atoms with van der Waals surface area (Å²) in [4.78, 5) is 15.1. The van der Waals surface area contributed by atoms with E-state index >= 15 is 0 Å². The molecule has 0 saturated carbocycles. The summed E-state index contributed by atoms with van der Waals surface area (Å²) >= 11 is 5.92. The first-order valence-corrected chi connectivity index (χ1v) is 7.65. The first-order valence-electron chi connectivity index (χ1n) is 5.79. The molecule has 1 aromatic heterocycles. The van der Waals surface area contributed by atoms with E-state index in [9.17, 15) is 18.3 Å². The van der Waals surface area contributed by atoms with E-state index in [1.807, 2.05) is 0 Å². The minimum Gasteiger partial charge on any atom is -0.480 e. The molecular weight excluding hydrogens is 318 g/mol. The number of aromatic nitrogens is 2. The predicted molar refractivity (Wildman–Crippen MR) is 75.4 cm³/mol. The minimum absolute atomic E-state index is 0.158. The van der Waals surface area contributed by atoms with Crippen molar-refractivity contribution < 1.29 is 18.3 Å². The number of imidazole rings is 1. The number of nitrogens with one attached hydrogen (secondary N) is 1. The number of rotatable bonds is 5. The van der Waals surface area contributed by atoms with Crippen molar-refractivity contribution in [3.05, 3.63) is 47.4 Å². The van der Waals surface area contributed by atoms with Crippen molar-refractivity contribution in [2.45, 2.75) is 11.1 Å². The highest BCUT2D eigenvalue weighted by Gasteiger charge is 2.29. The van der Waals surface area contributed by atoms with Crippen LogP contribution in [0.5, 0.6) is 0 Å². The fourth-order valence-electron chi connectivity index (χ4n) is 1.70. The Labute approximate surface area is 126 Å². The lowest BCUT2D eigenvalue weighted by molar-refractivity contribution is -0.139. The average molecular weight is 330 g/mol. The van der Waals surface area contributed by atoms with Crippen LogP contribution in [0.1, 0.15) is 11.6 Å². The van der Waals surface area contributed by atoms with Gasteiger partial charge in [0.05, 0.1) is 6.33 Å². The highest BCUT2D eigenvalue weighted by molar-refractivity contribution is 7.89. The molecule has 0 saturated heterocycles. The van der Waals surface area contributed by atoms with Gasteiger partial charge in [-0.05, 0) is 11.6 Å². The van der Waals surface area contributed by atoms with E-state index in [-0.39, 0.29) is 15.6 Å². The fourth-order valence-corrected chi connectivity index (χ4v) is 3.09. The van der Waals surface area contributed by atoms with Gasteiger partial charge in [0.2, 0.25) is 0 Å². The number of halogens is 1. The van der Waals surface area contributed by atoms with Crippen molar-refractivity contribution in [2.24, 2.45) is 7.05 Å². The second-order valence-corrected chi connectivity index (χ2v) is 6.36. The van der Waals surface area contributed by atoms with Crippen molar-refractivity contribution in [1.82, 2.24) is 14.3 Å². The van der Waals surface area contributed by atoms with Crippen LogP contribution >= 0.6 is 11.6 Å². The van der Waals surface area contributed by atoms with Gasteiger partial charge in [0.25, 0.3) is 10.0 Å². The molecule has 9 heteroatoms. The maximum absolute atomic E-state index is 12.2. The van der Waals surface area contributed by atoms with E-state index in [0.29, 0.717) is 0 Å². The van der Waals surface area contributed by atoms with Crippen molar-refractivity contribution in [1.29, 1.82) is 0 Å². The highest BCUT2D eigenvalue weighted by Crippen LogP contribution is 2.24. The molecule has 2 N–H and O–H groups in total. The number of hydrogen-bond acceptors (Lipinski definition) is 4. The molecule has 2 aromatic rings. The molecule has 2 rings (SSSR count). The van der Waals surface area contributed by atoms with Crippen molar-refractivity contribution in [3.8, 4) is 0 Å². The zero-order valence-electron chi connectivity index (χ0n) is 10.9. The second-order valence-electron chi connectivity index (χ2n) is 4.29. The van der Waals surface area contributed by atoms with Gasteiger partial charge in [-0.25, -0.2) is 13.4 Å². The summed E-state index contributed by atoms with van der Waals surface area (Å²) in [5.74, 6) is -1.36. The first-order chi connectivity index (χ1) is 9.81. The molecule has 1 heterocycles. The Balaban J connectivity index is 2.38. The number of carbonyl (C=O) groups is 1. The van der Waals surface area contributed by atoms with Crippen LogP contribution in [0, 0.1) is 0 Å². The number of aliphatic carboxylic acids is 1. The van der Waals surface area contributed by atoms with Crippen LogP contribution in [0.2, 0.25) is 5.02 Å². The molecule has 112 valence electrons. The van der Waals surface area contributed by atoms with Gasteiger partial charge in [0.15, 0.2) is 5.03 Å². The number of carboxylic acids is 1. The third kappa shape index (κ3) is 3.41. The van der Waals surface area contributed by atoms with Crippen LogP contribution in [0.25, 0.3) is 0 Å². The molecule has 0 spiro atoms. The van der Waals surface area contributed by atoms with Crippen LogP contribution < -0.4 is 4.72 Å². The standard InChI is InChI=1S/C12H12ClN3O4S/c1-16-6-10(14-7-16)21(19,20)15-11(12(17)18)8-4-2-3-5-9(8)13/h2-7,11,15H,1H3,(H,17,18)/t11-/m1/s1. The Bertz CT molecular complexity index is 772. The third-order valence-corrected chi connectivity index (χ3v) is 4.34. The van der Waals surface area contributed by atoms with Gasteiger partial charge in [0, 0.05) is 18.3 Å². The molecule has 7 nitrogen and oxygen atoms in total. The van der Waals surface area contributed by atoms with Gasteiger partial charge in [-0.2, -0.15) is 4.72 Å². The fraction of sp³-hybridized carbons (Fsp3) is 0.167. The van der Waals surface area contributed by atoms with Crippen LogP contribution in [-0.2, 0) is 21.9 Å². The maximum Gasteiger partial charge on any atom is 0.326 e. The molecule has 0 aliphatic carbocycles. The molecule has 0 amide bonds. The van der Waals surface area contributed by atoms with Crippen molar-refractivity contribution in [3.63, 3.8) is 0 Å². The summed E-state index contributed by atoms with van der Waals surface area (Å²) in [6, 6.07) is 4.64. The summed E-state index contributed by atoms with van der Waals surface area (Å²) in [5.41, 5.74) is 0.158. The Morgan fingerprint density at radius 3 is 2.62 bits per heavy atom. The van der Waals surface area contributed by atoms with Crippen LogP contribution in [0.4, 0.5) is 0 Å². The van der Waals surface area contributed by atoms with E-state index < -0.39 is 22.0 Å². The molecule has 0 radical (unpaired) electrons. The molecule has 0 aliphatic rings. The lowest BCUT2D eigenvalue weighted by atomic mass is 10.1. The monoisotopic (exact) mass is 329 g/mol. The Morgan fingerprint density at radius 2 is 2.10 bits per heavy atom. The highest BCUT2D eigenvalue weighted by atomic mass is 35.5. The van der Waals surface area contributed by atoms with Crippen molar-refractivity contribution >= 4 is 27.6 Å². The predicted octanol–water partition coefficient (Wildman–Crippen LogP) is 1.18. The van der Waals surface area contributed by atoms with Gasteiger partial charge >= 0.3 is 5.97 Å². The quantitative estimate of drug-likeness (QED) is 0.857. The Morgan fingerprint density at radius 1 is 1.43 bits per heavy atom. The van der Waals surface area contributed by atoms with Crippen LogP contribution in [0.3, 0.4) is 0 Å². The first kappa shape index (κ1) is 15.5. The van der Waals surface area contributed by atoms with Crippen molar-refractivity contribution in [2.75, 3.05) is 0 Å². The number of hydrogen-bond donors (Lipinski definition) is 2. The zero-order chi connectivity index (χ0) is 15.6. The number of nitrogens with zero attached hydrogens (tertiary/aromatic N) is 2. The molecule has 1 atom stereocenters. The lowest BCUT2D eigenvalue weighted by Gasteiger charge is -2.15. The van der Waals surface area contributed by atoms with Gasteiger partial charge in [-0.15, -0.1) is 0 Å². The smallest absolute Gasteiger partial charge is 0.326 e. The Kier molecular flexibility index (Phi) is 4.31. The zero-order valence-corrected chi connectivity index (χ0v) is 12.5. The molecular formula is C12H12ClN3O4S. The summed E-state index contributed by atoms with van der Waals surface area (Å²) in [6.07, 6.45) is 2.58. The second kappa shape index (κ2) is 5.84. The topological polar surface area (TPSA) is 101 Å². The summed E-state index contributed by atoms with van der Waals surface area (Å²) in [7, 11) is -2.46. The number of carboxylic acid groups (broad SMARTS) is 1.